The van der Waals surface area contributed by atoms with Crippen LogP contribution >= 0.6 is 15.9 Å². The van der Waals surface area contributed by atoms with Gasteiger partial charge in [-0.15, -0.1) is 0 Å². The molecule has 4 nitrogen and oxygen atoms in total. The molecule has 18 heavy (non-hydrogen) atoms. The molecule has 1 fully saturated rings. The number of ether oxygens (including phenoxy) is 1. The van der Waals surface area contributed by atoms with Gasteiger partial charge in [-0.05, 0) is 31.5 Å². The molecule has 1 aromatic carbocycles. The first-order valence-corrected chi connectivity index (χ1v) is 6.97. The van der Waals surface area contributed by atoms with E-state index < -0.39 is 0 Å². The van der Waals surface area contributed by atoms with Crippen LogP contribution in [0.2, 0.25) is 0 Å². The number of rotatable bonds is 2. The third kappa shape index (κ3) is 2.01. The molecule has 0 aliphatic carbocycles. The fraction of sp³-hybridized carbons (Fsp3) is 0.462. The van der Waals surface area contributed by atoms with Gasteiger partial charge in [0.05, 0.1) is 17.1 Å². The zero-order chi connectivity index (χ0) is 12.7. The fourth-order valence-corrected chi connectivity index (χ4v) is 2.91. The van der Waals surface area contributed by atoms with E-state index in [1.165, 1.54) is 0 Å². The van der Waals surface area contributed by atoms with Crippen LogP contribution < -0.4 is 5.73 Å². The molecule has 1 aliphatic rings. The van der Waals surface area contributed by atoms with Gasteiger partial charge in [-0.1, -0.05) is 15.9 Å². The summed E-state index contributed by atoms with van der Waals surface area (Å²) in [5.41, 5.74) is 8.05. The van der Waals surface area contributed by atoms with Crippen LogP contribution in [0.15, 0.2) is 22.7 Å². The Balaban J connectivity index is 1.98. The van der Waals surface area contributed by atoms with E-state index >= 15 is 0 Å². The van der Waals surface area contributed by atoms with Crippen molar-refractivity contribution in [2.24, 2.45) is 5.92 Å². The molecule has 2 aromatic rings. The Morgan fingerprint density at radius 3 is 3.11 bits per heavy atom. The van der Waals surface area contributed by atoms with E-state index in [9.17, 15) is 0 Å². The lowest BCUT2D eigenvalue weighted by molar-refractivity contribution is 0.102. The second kappa shape index (κ2) is 4.55. The van der Waals surface area contributed by atoms with E-state index in [0.717, 1.165) is 35.1 Å². The average molecular weight is 310 g/mol. The summed E-state index contributed by atoms with van der Waals surface area (Å²) in [6, 6.07) is 6.08. The number of halogens is 1. The van der Waals surface area contributed by atoms with Crippen molar-refractivity contribution in [3.8, 4) is 0 Å². The molecule has 5 heteroatoms. The van der Waals surface area contributed by atoms with Gasteiger partial charge >= 0.3 is 0 Å². The normalized spacial score (nSPS) is 23.9. The summed E-state index contributed by atoms with van der Waals surface area (Å²) in [4.78, 5) is 4.41. The number of anilines is 1. The van der Waals surface area contributed by atoms with E-state index in [1.54, 1.807) is 0 Å². The highest BCUT2D eigenvalue weighted by molar-refractivity contribution is 9.10. The minimum atomic E-state index is 0.303. The number of nitrogen functional groups attached to an aromatic ring is 1. The van der Waals surface area contributed by atoms with E-state index in [1.807, 2.05) is 12.1 Å². The molecule has 1 aromatic heterocycles. The molecular formula is C13H16BrN3O. The summed E-state index contributed by atoms with van der Waals surface area (Å²) in [7, 11) is 0. The molecule has 0 spiro atoms. The predicted octanol–water partition coefficient (Wildman–Crippen LogP) is 2.81. The lowest BCUT2D eigenvalue weighted by atomic mass is 10.0. The summed E-state index contributed by atoms with van der Waals surface area (Å²) in [6.45, 7) is 3.86. The van der Waals surface area contributed by atoms with Crippen molar-refractivity contribution < 1.29 is 4.74 Å². The number of nitrogens with zero attached hydrogens (tertiary/aromatic N) is 2. The number of benzene rings is 1. The summed E-state index contributed by atoms with van der Waals surface area (Å²) < 4.78 is 8.72. The Labute approximate surface area is 114 Å². The third-order valence-electron chi connectivity index (χ3n) is 3.69. The summed E-state index contributed by atoms with van der Waals surface area (Å²) in [6.07, 6.45) is 1.40. The lowest BCUT2D eigenvalue weighted by Crippen LogP contribution is -2.18. The molecule has 96 valence electrons. The van der Waals surface area contributed by atoms with Crippen molar-refractivity contribution >= 4 is 32.9 Å². The van der Waals surface area contributed by atoms with Crippen LogP contribution in [-0.2, 0) is 11.3 Å². The highest BCUT2D eigenvalue weighted by Gasteiger charge is 2.25. The number of fused-ring (bicyclic) bond motifs is 1. The summed E-state index contributed by atoms with van der Waals surface area (Å²) in [5.74, 6) is 1.11. The van der Waals surface area contributed by atoms with Crippen LogP contribution in [0.3, 0.4) is 0 Å². The van der Waals surface area contributed by atoms with Crippen LogP contribution in [0.5, 0.6) is 0 Å². The molecule has 3 rings (SSSR count). The first-order valence-electron chi connectivity index (χ1n) is 6.18. The van der Waals surface area contributed by atoms with Crippen molar-refractivity contribution in [2.45, 2.75) is 26.0 Å². The second-order valence-corrected chi connectivity index (χ2v) is 5.75. The van der Waals surface area contributed by atoms with Crippen LogP contribution in [-0.4, -0.2) is 22.3 Å². The first kappa shape index (κ1) is 12.0. The van der Waals surface area contributed by atoms with Gasteiger partial charge in [-0.25, -0.2) is 4.98 Å². The Kier molecular flexibility index (Phi) is 3.03. The molecule has 2 heterocycles. The lowest BCUT2D eigenvalue weighted by Gasteiger charge is -2.16. The van der Waals surface area contributed by atoms with Crippen LogP contribution in [0, 0.1) is 5.92 Å². The monoisotopic (exact) mass is 309 g/mol. The van der Waals surface area contributed by atoms with Crippen LogP contribution in [0.25, 0.3) is 11.0 Å². The fourth-order valence-electron chi connectivity index (χ4n) is 2.56. The van der Waals surface area contributed by atoms with E-state index in [-0.39, 0.29) is 0 Å². The van der Waals surface area contributed by atoms with Gasteiger partial charge in [0.1, 0.15) is 0 Å². The van der Waals surface area contributed by atoms with Gasteiger partial charge < -0.3 is 15.0 Å². The number of imidazole rings is 1. The number of hydrogen-bond acceptors (Lipinski definition) is 3. The maximum absolute atomic E-state index is 6.02. The Morgan fingerprint density at radius 2 is 2.39 bits per heavy atom. The highest BCUT2D eigenvalue weighted by Crippen LogP contribution is 2.27. The minimum absolute atomic E-state index is 0.303. The standard InChI is InChI=1S/C13H16BrN3O/c1-8-9(4-5-18-8)7-17-12-3-2-10(14)6-11(12)16-13(17)15/h2-3,6,8-9H,4-5,7H2,1H3,(H2,15,16). The van der Waals surface area contributed by atoms with Gasteiger partial charge in [-0.2, -0.15) is 0 Å². The average Bonchev–Trinajstić information content (AvgIpc) is 2.85. The first-order chi connectivity index (χ1) is 8.65. The predicted molar refractivity (Wildman–Crippen MR) is 75.4 cm³/mol. The molecular weight excluding hydrogens is 294 g/mol. The van der Waals surface area contributed by atoms with E-state index in [2.05, 4.69) is 38.5 Å². The molecule has 0 amide bonds. The highest BCUT2D eigenvalue weighted by atomic mass is 79.9. The largest absolute Gasteiger partial charge is 0.378 e. The Bertz CT molecular complexity index is 581. The van der Waals surface area contributed by atoms with Crippen molar-refractivity contribution in [3.05, 3.63) is 22.7 Å². The van der Waals surface area contributed by atoms with Gasteiger partial charge in [0, 0.05) is 23.5 Å². The van der Waals surface area contributed by atoms with Gasteiger partial charge in [-0.3, -0.25) is 0 Å². The van der Waals surface area contributed by atoms with Crippen LogP contribution in [0.4, 0.5) is 5.95 Å². The van der Waals surface area contributed by atoms with Gasteiger partial charge in [0.25, 0.3) is 0 Å². The topological polar surface area (TPSA) is 53.1 Å². The maximum Gasteiger partial charge on any atom is 0.201 e. The summed E-state index contributed by atoms with van der Waals surface area (Å²) >= 11 is 3.45. The van der Waals surface area contributed by atoms with Crippen molar-refractivity contribution in [1.82, 2.24) is 9.55 Å². The molecule has 1 aliphatic heterocycles. The smallest absolute Gasteiger partial charge is 0.201 e. The molecule has 0 bridgehead atoms. The minimum Gasteiger partial charge on any atom is -0.378 e. The number of hydrogen-bond donors (Lipinski definition) is 1. The maximum atomic E-state index is 6.02. The van der Waals surface area contributed by atoms with E-state index in [0.29, 0.717) is 18.0 Å². The molecule has 1 saturated heterocycles. The van der Waals surface area contributed by atoms with Crippen LogP contribution in [0.1, 0.15) is 13.3 Å². The third-order valence-corrected chi connectivity index (χ3v) is 4.18. The SMILES string of the molecule is CC1OCCC1Cn1c(N)nc2cc(Br)ccc21. The Hall–Kier alpha value is -1.07. The second-order valence-electron chi connectivity index (χ2n) is 4.84. The molecule has 0 radical (unpaired) electrons. The zero-order valence-corrected chi connectivity index (χ0v) is 11.9. The molecule has 2 atom stereocenters. The molecule has 2 unspecified atom stereocenters. The number of nitrogens with two attached hydrogens (primary N) is 1. The quantitative estimate of drug-likeness (QED) is 0.928. The van der Waals surface area contributed by atoms with Crippen molar-refractivity contribution in [2.75, 3.05) is 12.3 Å². The molecule has 2 N–H and O–H groups in total. The molecule has 0 saturated carbocycles. The zero-order valence-electron chi connectivity index (χ0n) is 10.3. The van der Waals surface area contributed by atoms with Crippen molar-refractivity contribution in [3.63, 3.8) is 0 Å². The van der Waals surface area contributed by atoms with Crippen molar-refractivity contribution in [1.29, 1.82) is 0 Å². The van der Waals surface area contributed by atoms with Gasteiger partial charge in [0.15, 0.2) is 0 Å². The van der Waals surface area contributed by atoms with E-state index in [4.69, 9.17) is 10.5 Å². The number of aromatic nitrogens is 2. The van der Waals surface area contributed by atoms with Gasteiger partial charge in [0.2, 0.25) is 5.95 Å². The summed E-state index contributed by atoms with van der Waals surface area (Å²) in [5, 5.41) is 0. The Morgan fingerprint density at radius 1 is 1.56 bits per heavy atom.